The number of aliphatic carboxylic acids is 1. The standard InChI is InChI=1S/C38H41F3N4O4S/c1-37(2)16-7-17-38(3,27-9-6-8-22(33(27)48-5)10-13-29(46)47)36-43-35(45(4)44-36)26-20-23(11-12-28(26)39)49-34-25(15-19-50-21-37)24-14-18-42-32(24)30(40)31(34)41/h6,8-9,11-12,14,18,20,42H,7,10,13,15-17,19,21H2,1-5H3,(H,46,47). The van der Waals surface area contributed by atoms with Crippen LogP contribution in [-0.2, 0) is 30.1 Å². The van der Waals surface area contributed by atoms with Crippen LogP contribution in [0.25, 0.3) is 22.3 Å². The Bertz CT molecular complexity index is 2060. The largest absolute Gasteiger partial charge is 0.496 e. The van der Waals surface area contributed by atoms with E-state index in [9.17, 15) is 9.90 Å². The van der Waals surface area contributed by atoms with Crippen molar-refractivity contribution in [1.29, 1.82) is 0 Å². The molecule has 8 nitrogen and oxygen atoms in total. The molecule has 0 fully saturated rings. The summed E-state index contributed by atoms with van der Waals surface area (Å²) in [6.07, 6.45) is 4.55. The number of hydrogen-bond acceptors (Lipinski definition) is 6. The highest BCUT2D eigenvalue weighted by Gasteiger charge is 2.38. The van der Waals surface area contributed by atoms with Gasteiger partial charge < -0.3 is 19.6 Å². The Morgan fingerprint density at radius 1 is 1.12 bits per heavy atom. The number of nitrogens with one attached hydrogen (secondary N) is 1. The maximum Gasteiger partial charge on any atom is 0.303 e. The number of fused-ring (bicyclic) bond motifs is 8. The van der Waals surface area contributed by atoms with E-state index in [0.29, 0.717) is 41.1 Å². The molecule has 0 amide bonds. The van der Waals surface area contributed by atoms with Crippen molar-refractivity contribution in [3.05, 3.63) is 88.6 Å². The average molecular weight is 707 g/mol. The zero-order valence-electron chi connectivity index (χ0n) is 28.8. The first-order chi connectivity index (χ1) is 23.8. The molecular weight excluding hydrogens is 666 g/mol. The highest BCUT2D eigenvalue weighted by molar-refractivity contribution is 7.99. The Morgan fingerprint density at radius 2 is 1.92 bits per heavy atom. The third kappa shape index (κ3) is 6.82. The van der Waals surface area contributed by atoms with Gasteiger partial charge in [-0.2, -0.15) is 21.3 Å². The Hall–Kier alpha value is -4.45. The highest BCUT2D eigenvalue weighted by atomic mass is 32.2. The van der Waals surface area contributed by atoms with E-state index in [4.69, 9.17) is 19.6 Å². The first-order valence-corrected chi connectivity index (χ1v) is 17.8. The molecule has 12 heteroatoms. The van der Waals surface area contributed by atoms with Crippen molar-refractivity contribution in [1.82, 2.24) is 19.7 Å². The molecule has 264 valence electrons. The van der Waals surface area contributed by atoms with Gasteiger partial charge in [0, 0.05) is 36.2 Å². The lowest BCUT2D eigenvalue weighted by Crippen LogP contribution is -2.28. The van der Waals surface area contributed by atoms with E-state index >= 15 is 13.2 Å². The molecule has 1 aliphatic rings. The number of ether oxygens (including phenoxy) is 2. The molecular formula is C38H41F3N4O4S. The fraction of sp³-hybridized carbons (Fsp3) is 0.395. The van der Waals surface area contributed by atoms with Crippen LogP contribution in [0.3, 0.4) is 0 Å². The number of aryl methyl sites for hydroxylation is 3. The molecule has 50 heavy (non-hydrogen) atoms. The summed E-state index contributed by atoms with van der Waals surface area (Å²) in [4.78, 5) is 19.2. The molecule has 4 bridgehead atoms. The first kappa shape index (κ1) is 35.4. The number of H-pyrrole nitrogens is 1. The number of carboxylic acids is 1. The van der Waals surface area contributed by atoms with Gasteiger partial charge in [0.05, 0.1) is 23.6 Å². The number of rotatable bonds is 5. The van der Waals surface area contributed by atoms with E-state index in [1.54, 1.807) is 38.2 Å². The smallest absolute Gasteiger partial charge is 0.303 e. The maximum absolute atomic E-state index is 15.7. The topological polar surface area (TPSA) is 102 Å². The van der Waals surface area contributed by atoms with Gasteiger partial charge in [-0.15, -0.1) is 0 Å². The van der Waals surface area contributed by atoms with E-state index < -0.39 is 28.8 Å². The Balaban J connectivity index is 1.51. The number of methoxy groups -OCH3 is 1. The summed E-state index contributed by atoms with van der Waals surface area (Å²) >= 11 is 1.74. The third-order valence-electron chi connectivity index (χ3n) is 9.64. The lowest BCUT2D eigenvalue weighted by atomic mass is 9.74. The summed E-state index contributed by atoms with van der Waals surface area (Å²) in [5, 5.41) is 14.8. The van der Waals surface area contributed by atoms with E-state index in [1.807, 2.05) is 25.1 Å². The minimum atomic E-state index is -1.11. The van der Waals surface area contributed by atoms with E-state index in [0.717, 1.165) is 29.7 Å². The number of thioether (sulfide) groups is 1. The third-order valence-corrected chi connectivity index (χ3v) is 11.1. The number of aromatic amines is 1. The second-order valence-corrected chi connectivity index (χ2v) is 15.0. The van der Waals surface area contributed by atoms with Gasteiger partial charge in [-0.3, -0.25) is 4.79 Å². The van der Waals surface area contributed by atoms with Crippen molar-refractivity contribution >= 4 is 28.6 Å². The van der Waals surface area contributed by atoms with Gasteiger partial charge in [-0.25, -0.2) is 18.4 Å². The molecule has 2 N–H and O–H groups in total. The Labute approximate surface area is 293 Å². The molecule has 0 saturated carbocycles. The van der Waals surface area contributed by atoms with Gasteiger partial charge in [0.2, 0.25) is 5.82 Å². The van der Waals surface area contributed by atoms with Crippen LogP contribution in [0.5, 0.6) is 17.2 Å². The molecule has 5 aromatic rings. The normalized spacial score (nSPS) is 18.2. The van der Waals surface area contributed by atoms with Gasteiger partial charge in [-0.05, 0) is 79.4 Å². The van der Waals surface area contributed by atoms with Crippen molar-refractivity contribution in [2.75, 3.05) is 18.6 Å². The maximum atomic E-state index is 15.7. The number of hydrogen-bond donors (Lipinski definition) is 2. The summed E-state index contributed by atoms with van der Waals surface area (Å²) in [6, 6.07) is 11.4. The highest BCUT2D eigenvalue weighted by Crippen LogP contribution is 2.45. The average Bonchev–Trinajstić information content (AvgIpc) is 3.73. The molecule has 3 aromatic carbocycles. The SMILES string of the molecule is COc1c(CCC(=O)O)cccc1C1(C)CCCC(C)(C)CSCCc2c(c(F)c(F)c3[nH]ccc23)Oc2ccc(F)c(c2)-c2nc1nn2C. The van der Waals surface area contributed by atoms with Crippen LogP contribution in [0.2, 0.25) is 0 Å². The lowest BCUT2D eigenvalue weighted by molar-refractivity contribution is -0.136. The monoisotopic (exact) mass is 706 g/mol. The molecule has 0 saturated heterocycles. The van der Waals surface area contributed by atoms with Crippen molar-refractivity contribution < 1.29 is 32.5 Å². The number of nitrogens with zero attached hydrogens (tertiary/aromatic N) is 3. The zero-order valence-corrected chi connectivity index (χ0v) is 29.6. The van der Waals surface area contributed by atoms with Crippen molar-refractivity contribution in [3.63, 3.8) is 0 Å². The van der Waals surface area contributed by atoms with E-state index in [-0.39, 0.29) is 46.7 Å². The summed E-state index contributed by atoms with van der Waals surface area (Å²) in [7, 11) is 3.25. The van der Waals surface area contributed by atoms with E-state index in [2.05, 4.69) is 18.8 Å². The van der Waals surface area contributed by atoms with Crippen molar-refractivity contribution in [2.24, 2.45) is 12.5 Å². The van der Waals surface area contributed by atoms with Gasteiger partial charge >= 0.3 is 5.97 Å². The predicted octanol–water partition coefficient (Wildman–Crippen LogP) is 8.99. The van der Waals surface area contributed by atoms with Crippen LogP contribution >= 0.6 is 11.8 Å². The summed E-state index contributed by atoms with van der Waals surface area (Å²) in [5.74, 6) is -1.03. The van der Waals surface area contributed by atoms with Crippen LogP contribution in [0.1, 0.15) is 69.0 Å². The van der Waals surface area contributed by atoms with Crippen molar-refractivity contribution in [2.45, 2.75) is 64.7 Å². The second kappa shape index (κ2) is 14.0. The van der Waals surface area contributed by atoms with Crippen molar-refractivity contribution in [3.8, 4) is 28.6 Å². The predicted molar refractivity (Wildman–Crippen MR) is 189 cm³/mol. The lowest BCUT2D eigenvalue weighted by Gasteiger charge is -2.32. The molecule has 3 heterocycles. The van der Waals surface area contributed by atoms with Gasteiger partial charge in [0.15, 0.2) is 23.2 Å². The van der Waals surface area contributed by atoms with Gasteiger partial charge in [0.25, 0.3) is 0 Å². The number of aromatic nitrogens is 4. The zero-order chi connectivity index (χ0) is 35.8. The fourth-order valence-electron chi connectivity index (χ4n) is 6.91. The molecule has 1 atom stereocenters. The van der Waals surface area contributed by atoms with Crippen LogP contribution in [0.4, 0.5) is 13.2 Å². The molecule has 0 radical (unpaired) electrons. The van der Waals surface area contributed by atoms with Crippen LogP contribution in [0.15, 0.2) is 48.7 Å². The van der Waals surface area contributed by atoms with Gasteiger partial charge in [-0.1, -0.05) is 38.5 Å². The minimum Gasteiger partial charge on any atom is -0.496 e. The number of carboxylic acid groups (broad SMARTS) is 1. The van der Waals surface area contributed by atoms with Crippen LogP contribution in [-0.4, -0.2) is 49.4 Å². The summed E-state index contributed by atoms with van der Waals surface area (Å²) in [5.41, 5.74) is 1.40. The minimum absolute atomic E-state index is 0.0524. The van der Waals surface area contributed by atoms with E-state index in [1.165, 1.54) is 22.9 Å². The number of para-hydroxylation sites is 1. The van der Waals surface area contributed by atoms with Crippen LogP contribution < -0.4 is 9.47 Å². The molecule has 2 aromatic heterocycles. The number of benzene rings is 3. The number of carbonyl (C=O) groups is 1. The molecule has 0 spiro atoms. The molecule has 1 aliphatic heterocycles. The Kier molecular flexibility index (Phi) is 9.94. The Morgan fingerprint density at radius 3 is 2.68 bits per heavy atom. The molecule has 0 aliphatic carbocycles. The first-order valence-electron chi connectivity index (χ1n) is 16.6. The molecule has 1 unspecified atom stereocenters. The molecule has 6 rings (SSSR count). The quantitative estimate of drug-likeness (QED) is 0.188. The second-order valence-electron chi connectivity index (χ2n) is 13.9. The van der Waals surface area contributed by atoms with Gasteiger partial charge in [0.1, 0.15) is 17.3 Å². The number of halogens is 3. The van der Waals surface area contributed by atoms with Crippen LogP contribution in [0, 0.1) is 22.9 Å². The fourth-order valence-corrected chi connectivity index (χ4v) is 8.10. The summed E-state index contributed by atoms with van der Waals surface area (Å²) < 4.78 is 60.1. The summed E-state index contributed by atoms with van der Waals surface area (Å²) in [6.45, 7) is 6.47.